The molecule has 0 saturated carbocycles. The second-order valence-electron chi connectivity index (χ2n) is 11.2. The van der Waals surface area contributed by atoms with E-state index in [1.165, 1.54) is 46.6 Å². The smallest absolute Gasteiger partial charge is 0.251 e. The number of carbonyl (C=O) groups excluding carboxylic acids is 1. The number of carbonyl (C=O) groups is 1. The zero-order valence-corrected chi connectivity index (χ0v) is 23.0. The molecular weight excluding hydrogens is 456 g/mol. The van der Waals surface area contributed by atoms with E-state index in [-0.39, 0.29) is 5.91 Å². The molecule has 3 aromatic rings. The molecule has 2 heterocycles. The van der Waals surface area contributed by atoms with Crippen LogP contribution in [0.5, 0.6) is 0 Å². The summed E-state index contributed by atoms with van der Waals surface area (Å²) in [6.45, 7) is 14.9. The number of aryl methyl sites for hydroxylation is 3. The van der Waals surface area contributed by atoms with Crippen LogP contribution in [0.1, 0.15) is 58.2 Å². The van der Waals surface area contributed by atoms with E-state index >= 15 is 0 Å². The summed E-state index contributed by atoms with van der Waals surface area (Å²) in [7, 11) is 0. The van der Waals surface area contributed by atoms with E-state index in [0.29, 0.717) is 6.54 Å². The first kappa shape index (κ1) is 25.6. The summed E-state index contributed by atoms with van der Waals surface area (Å²) in [5.74, 6) is 0.785. The molecule has 196 valence electrons. The number of benzene rings is 2. The standard InChI is InChI=1S/C32H42N4O/c1-23-7-13-30-28(20-23)22-26(4)36(30)29-11-9-27(10-12-29)32(37)33-14-5-15-34-16-18-35(19-17-34)31-21-24(2)6-8-25(31)3/h6,8-12,21-23H,5,7,13-20H2,1-4H3,(H,33,37). The Kier molecular flexibility index (Phi) is 7.71. The number of hydrogen-bond acceptors (Lipinski definition) is 3. The molecule has 0 spiro atoms. The maximum absolute atomic E-state index is 12.8. The lowest BCUT2D eigenvalue weighted by molar-refractivity contribution is 0.0951. The van der Waals surface area contributed by atoms with Crippen LogP contribution in [-0.4, -0.2) is 54.6 Å². The molecule has 1 N–H and O–H groups in total. The second-order valence-corrected chi connectivity index (χ2v) is 11.2. The molecule has 1 aliphatic heterocycles. The van der Waals surface area contributed by atoms with Gasteiger partial charge in [0.05, 0.1) is 0 Å². The Labute approximate surface area is 222 Å². The predicted octanol–water partition coefficient (Wildman–Crippen LogP) is 5.47. The summed E-state index contributed by atoms with van der Waals surface area (Å²) < 4.78 is 2.38. The van der Waals surface area contributed by atoms with Gasteiger partial charge in [-0.25, -0.2) is 0 Å². The van der Waals surface area contributed by atoms with Gasteiger partial charge in [-0.05, 0) is 112 Å². The Morgan fingerprint density at radius 2 is 1.73 bits per heavy atom. The molecule has 2 aromatic carbocycles. The molecule has 1 unspecified atom stereocenters. The Morgan fingerprint density at radius 3 is 2.49 bits per heavy atom. The topological polar surface area (TPSA) is 40.5 Å². The maximum Gasteiger partial charge on any atom is 0.251 e. The summed E-state index contributed by atoms with van der Waals surface area (Å²) in [5.41, 5.74) is 10.2. The van der Waals surface area contributed by atoms with E-state index in [1.807, 2.05) is 12.1 Å². The third-order valence-corrected chi connectivity index (χ3v) is 8.22. The molecule has 1 atom stereocenters. The van der Waals surface area contributed by atoms with Crippen molar-refractivity contribution in [2.24, 2.45) is 5.92 Å². The monoisotopic (exact) mass is 498 g/mol. The molecule has 2 aliphatic rings. The van der Waals surface area contributed by atoms with Gasteiger partial charge in [0, 0.05) is 61.0 Å². The van der Waals surface area contributed by atoms with Gasteiger partial charge in [0.2, 0.25) is 0 Å². The third kappa shape index (κ3) is 5.77. The maximum atomic E-state index is 12.8. The van der Waals surface area contributed by atoms with Gasteiger partial charge in [0.25, 0.3) is 5.91 Å². The van der Waals surface area contributed by atoms with Gasteiger partial charge in [-0.1, -0.05) is 19.1 Å². The molecule has 1 amide bonds. The normalized spacial score (nSPS) is 18.1. The Hall–Kier alpha value is -3.05. The summed E-state index contributed by atoms with van der Waals surface area (Å²) in [4.78, 5) is 17.8. The minimum atomic E-state index is 0.0198. The van der Waals surface area contributed by atoms with E-state index < -0.39 is 0 Å². The average molecular weight is 499 g/mol. The molecule has 1 aliphatic carbocycles. The molecule has 5 nitrogen and oxygen atoms in total. The largest absolute Gasteiger partial charge is 0.369 e. The van der Waals surface area contributed by atoms with E-state index in [9.17, 15) is 4.79 Å². The highest BCUT2D eigenvalue weighted by atomic mass is 16.1. The molecule has 5 heteroatoms. The van der Waals surface area contributed by atoms with Gasteiger partial charge in [-0.2, -0.15) is 0 Å². The van der Waals surface area contributed by atoms with Crippen LogP contribution in [-0.2, 0) is 12.8 Å². The number of piperazine rings is 1. The lowest BCUT2D eigenvalue weighted by atomic mass is 9.89. The van der Waals surface area contributed by atoms with Crippen LogP contribution >= 0.6 is 0 Å². The van der Waals surface area contributed by atoms with Crippen molar-refractivity contribution < 1.29 is 4.79 Å². The zero-order valence-electron chi connectivity index (χ0n) is 23.0. The number of hydrogen-bond donors (Lipinski definition) is 1. The SMILES string of the molecule is Cc1ccc(C)c(N2CCN(CCCNC(=O)c3ccc(-n4c(C)cc5c4CCC(C)C5)cc3)CC2)c1. The fraction of sp³-hybridized carbons (Fsp3) is 0.469. The van der Waals surface area contributed by atoms with E-state index in [2.05, 4.69) is 83.8 Å². The average Bonchev–Trinajstić information content (AvgIpc) is 3.23. The second kappa shape index (κ2) is 11.1. The number of amides is 1. The third-order valence-electron chi connectivity index (χ3n) is 8.22. The minimum absolute atomic E-state index is 0.0198. The highest BCUT2D eigenvalue weighted by Gasteiger charge is 2.21. The quantitative estimate of drug-likeness (QED) is 0.439. The predicted molar refractivity (Wildman–Crippen MR) is 153 cm³/mol. The highest BCUT2D eigenvalue weighted by molar-refractivity contribution is 5.94. The first-order chi connectivity index (χ1) is 17.9. The Balaban J connectivity index is 1.08. The molecule has 1 saturated heterocycles. The summed E-state index contributed by atoms with van der Waals surface area (Å²) in [6.07, 6.45) is 4.53. The van der Waals surface area contributed by atoms with Crippen molar-refractivity contribution in [3.63, 3.8) is 0 Å². The molecule has 0 radical (unpaired) electrons. The lowest BCUT2D eigenvalue weighted by Gasteiger charge is -2.37. The zero-order chi connectivity index (χ0) is 25.9. The first-order valence-corrected chi connectivity index (χ1v) is 14.0. The van der Waals surface area contributed by atoms with E-state index in [0.717, 1.165) is 62.7 Å². The van der Waals surface area contributed by atoms with Crippen LogP contribution in [0.4, 0.5) is 5.69 Å². The first-order valence-electron chi connectivity index (χ1n) is 14.0. The number of nitrogens with one attached hydrogen (secondary N) is 1. The summed E-state index contributed by atoms with van der Waals surface area (Å²) >= 11 is 0. The number of nitrogens with zero attached hydrogens (tertiary/aromatic N) is 3. The molecule has 1 fully saturated rings. The summed E-state index contributed by atoms with van der Waals surface area (Å²) in [6, 6.07) is 17.2. The van der Waals surface area contributed by atoms with Crippen LogP contribution in [0.3, 0.4) is 0 Å². The highest BCUT2D eigenvalue weighted by Crippen LogP contribution is 2.30. The number of aromatic nitrogens is 1. The van der Waals surface area contributed by atoms with Crippen LogP contribution in [0.25, 0.3) is 5.69 Å². The van der Waals surface area contributed by atoms with Crippen molar-refractivity contribution in [3.05, 3.63) is 82.2 Å². The lowest BCUT2D eigenvalue weighted by Crippen LogP contribution is -2.47. The van der Waals surface area contributed by atoms with Gasteiger partial charge in [-0.3, -0.25) is 9.69 Å². The molecule has 37 heavy (non-hydrogen) atoms. The van der Waals surface area contributed by atoms with Crippen LogP contribution in [0.15, 0.2) is 48.5 Å². The molecule has 0 bridgehead atoms. The van der Waals surface area contributed by atoms with Crippen molar-refractivity contribution in [1.82, 2.24) is 14.8 Å². The van der Waals surface area contributed by atoms with Gasteiger partial charge in [-0.15, -0.1) is 0 Å². The number of anilines is 1. The molecular formula is C32H42N4O. The molecule has 1 aromatic heterocycles. The van der Waals surface area contributed by atoms with Crippen molar-refractivity contribution in [1.29, 1.82) is 0 Å². The molecule has 5 rings (SSSR count). The summed E-state index contributed by atoms with van der Waals surface area (Å²) in [5, 5.41) is 3.12. The van der Waals surface area contributed by atoms with Crippen LogP contribution in [0.2, 0.25) is 0 Å². The number of rotatable bonds is 7. The van der Waals surface area contributed by atoms with Gasteiger partial charge in [0.1, 0.15) is 0 Å². The Bertz CT molecular complexity index is 1230. The van der Waals surface area contributed by atoms with Gasteiger partial charge in [0.15, 0.2) is 0 Å². The van der Waals surface area contributed by atoms with E-state index in [4.69, 9.17) is 0 Å². The van der Waals surface area contributed by atoms with Gasteiger partial charge >= 0.3 is 0 Å². The van der Waals surface area contributed by atoms with Crippen molar-refractivity contribution in [2.75, 3.05) is 44.2 Å². The van der Waals surface area contributed by atoms with Gasteiger partial charge < -0.3 is 14.8 Å². The van der Waals surface area contributed by atoms with Crippen LogP contribution < -0.4 is 10.2 Å². The van der Waals surface area contributed by atoms with E-state index in [1.54, 1.807) is 0 Å². The fourth-order valence-electron chi connectivity index (χ4n) is 6.07. The minimum Gasteiger partial charge on any atom is -0.369 e. The van der Waals surface area contributed by atoms with Crippen molar-refractivity contribution in [3.8, 4) is 5.69 Å². The Morgan fingerprint density at radius 1 is 0.973 bits per heavy atom. The van der Waals surface area contributed by atoms with Crippen LogP contribution in [0, 0.1) is 26.7 Å². The van der Waals surface area contributed by atoms with Crippen molar-refractivity contribution in [2.45, 2.75) is 53.4 Å². The number of fused-ring (bicyclic) bond motifs is 1. The fourth-order valence-corrected chi connectivity index (χ4v) is 6.07. The van der Waals surface area contributed by atoms with Crippen molar-refractivity contribution >= 4 is 11.6 Å².